The van der Waals surface area contributed by atoms with Crippen LogP contribution in [0.25, 0.3) is 0 Å². The predicted molar refractivity (Wildman–Crippen MR) is 96.1 cm³/mol. The van der Waals surface area contributed by atoms with Gasteiger partial charge in [0.2, 0.25) is 11.8 Å². The number of hydrogen-bond acceptors (Lipinski definition) is 6. The van der Waals surface area contributed by atoms with Gasteiger partial charge in [-0.05, 0) is 6.07 Å². The summed E-state index contributed by atoms with van der Waals surface area (Å²) in [4.78, 5) is 0. The zero-order chi connectivity index (χ0) is 19.1. The number of methoxy groups -OCH3 is 2. The summed E-state index contributed by atoms with van der Waals surface area (Å²) in [6.07, 6.45) is 0. The van der Waals surface area contributed by atoms with Crippen molar-refractivity contribution in [3.8, 4) is 23.4 Å². The van der Waals surface area contributed by atoms with Crippen molar-refractivity contribution in [3.05, 3.63) is 46.5 Å². The highest BCUT2D eigenvalue weighted by Gasteiger charge is 2.39. The van der Waals surface area contributed by atoms with Gasteiger partial charge in [0.05, 0.1) is 25.7 Å². The molecule has 1 aliphatic rings. The highest BCUT2D eigenvalue weighted by molar-refractivity contribution is 5.59. The zero-order valence-corrected chi connectivity index (χ0v) is 15.5. The molecule has 3 rings (SSSR count). The van der Waals surface area contributed by atoms with Crippen LogP contribution in [0.4, 0.5) is 0 Å². The summed E-state index contributed by atoms with van der Waals surface area (Å²) in [5.41, 5.74) is 8.59. The molecule has 0 bridgehead atoms. The monoisotopic (exact) mass is 354 g/mol. The van der Waals surface area contributed by atoms with E-state index in [2.05, 4.69) is 37.0 Å². The average Bonchev–Trinajstić information content (AvgIpc) is 3.03. The van der Waals surface area contributed by atoms with Crippen molar-refractivity contribution in [1.29, 1.82) is 5.26 Å². The van der Waals surface area contributed by atoms with Crippen LogP contribution in [0.15, 0.2) is 29.7 Å². The number of nitrogens with two attached hydrogens (primary N) is 1. The largest absolute Gasteiger partial charge is 0.497 e. The second-order valence-corrected chi connectivity index (χ2v) is 7.10. The molecule has 26 heavy (non-hydrogen) atoms. The standard InChI is InChI=1S/C19H22N4O3/c1-19(2,3)16-15-14(11-7-6-10(24-4)8-13(11)25-5)12(9-20)17(21)26-18(15)23-22-16/h6-8,14H,21H2,1-5H3,(H,22,23)/t14-/m0/s1. The Balaban J connectivity index is 2.30. The lowest BCUT2D eigenvalue weighted by Gasteiger charge is -2.28. The van der Waals surface area contributed by atoms with Gasteiger partial charge in [-0.3, -0.25) is 5.10 Å². The molecule has 0 aliphatic carbocycles. The molecular weight excluding hydrogens is 332 g/mol. The van der Waals surface area contributed by atoms with Gasteiger partial charge in [-0.2, -0.15) is 5.26 Å². The van der Waals surface area contributed by atoms with Crippen molar-refractivity contribution in [2.24, 2.45) is 5.73 Å². The summed E-state index contributed by atoms with van der Waals surface area (Å²) in [5.74, 6) is 1.25. The van der Waals surface area contributed by atoms with Crippen LogP contribution in [-0.2, 0) is 5.41 Å². The lowest BCUT2D eigenvalue weighted by molar-refractivity contribution is 0.372. The maximum absolute atomic E-state index is 9.75. The van der Waals surface area contributed by atoms with Crippen LogP contribution < -0.4 is 19.9 Å². The number of rotatable bonds is 3. The highest BCUT2D eigenvalue weighted by Crippen LogP contribution is 2.48. The van der Waals surface area contributed by atoms with Crippen molar-refractivity contribution < 1.29 is 14.2 Å². The van der Waals surface area contributed by atoms with E-state index in [1.807, 2.05) is 12.1 Å². The molecule has 0 fully saturated rings. The van der Waals surface area contributed by atoms with Crippen LogP contribution >= 0.6 is 0 Å². The summed E-state index contributed by atoms with van der Waals surface area (Å²) in [5, 5.41) is 17.1. The van der Waals surface area contributed by atoms with E-state index in [1.165, 1.54) is 0 Å². The Morgan fingerprint density at radius 3 is 2.58 bits per heavy atom. The first kappa shape index (κ1) is 17.7. The van der Waals surface area contributed by atoms with Gasteiger partial charge < -0.3 is 19.9 Å². The fourth-order valence-electron chi connectivity index (χ4n) is 3.18. The SMILES string of the molecule is COc1ccc([C@H]2C(C#N)=C(N)Oc3n[nH]c(C(C)(C)C)c32)c(OC)c1. The molecule has 0 unspecified atom stereocenters. The van der Waals surface area contributed by atoms with Crippen molar-refractivity contribution in [2.45, 2.75) is 32.1 Å². The Labute approximate surface area is 152 Å². The topological polar surface area (TPSA) is 106 Å². The van der Waals surface area contributed by atoms with Crippen molar-refractivity contribution in [2.75, 3.05) is 14.2 Å². The molecule has 7 heteroatoms. The van der Waals surface area contributed by atoms with Crippen LogP contribution in [-0.4, -0.2) is 24.4 Å². The third-order valence-corrected chi connectivity index (χ3v) is 4.44. The van der Waals surface area contributed by atoms with Gasteiger partial charge in [-0.1, -0.05) is 26.8 Å². The summed E-state index contributed by atoms with van der Waals surface area (Å²) in [6, 6.07) is 7.68. The van der Waals surface area contributed by atoms with Gasteiger partial charge in [0, 0.05) is 22.7 Å². The van der Waals surface area contributed by atoms with E-state index >= 15 is 0 Å². The minimum absolute atomic E-state index is 0.0508. The Bertz CT molecular complexity index is 916. The molecule has 1 aromatic carbocycles. The summed E-state index contributed by atoms with van der Waals surface area (Å²) in [6.45, 7) is 6.20. The number of aromatic nitrogens is 2. The number of fused-ring (bicyclic) bond motifs is 1. The molecule has 7 nitrogen and oxygen atoms in total. The predicted octanol–water partition coefficient (Wildman–Crippen LogP) is 2.94. The summed E-state index contributed by atoms with van der Waals surface area (Å²) in [7, 11) is 3.17. The number of aromatic amines is 1. The quantitative estimate of drug-likeness (QED) is 0.878. The number of nitrogens with zero attached hydrogens (tertiary/aromatic N) is 2. The number of nitrogens with one attached hydrogen (secondary N) is 1. The average molecular weight is 354 g/mol. The van der Waals surface area contributed by atoms with Gasteiger partial charge in [0.25, 0.3) is 0 Å². The van der Waals surface area contributed by atoms with E-state index in [4.69, 9.17) is 19.9 Å². The summed E-state index contributed by atoms with van der Waals surface area (Å²) >= 11 is 0. The van der Waals surface area contributed by atoms with Crippen LogP contribution in [0.2, 0.25) is 0 Å². The molecule has 0 saturated carbocycles. The molecule has 1 aromatic heterocycles. The van der Waals surface area contributed by atoms with Crippen LogP contribution in [0.1, 0.15) is 43.5 Å². The fraction of sp³-hybridized carbons (Fsp3) is 0.368. The molecule has 0 amide bonds. The zero-order valence-electron chi connectivity index (χ0n) is 15.5. The second-order valence-electron chi connectivity index (χ2n) is 7.10. The highest BCUT2D eigenvalue weighted by atomic mass is 16.5. The van der Waals surface area contributed by atoms with Gasteiger partial charge in [-0.15, -0.1) is 5.10 Å². The third kappa shape index (κ3) is 2.73. The second kappa shape index (κ2) is 6.30. The van der Waals surface area contributed by atoms with E-state index in [0.717, 1.165) is 16.8 Å². The number of H-pyrrole nitrogens is 1. The van der Waals surface area contributed by atoms with Crippen molar-refractivity contribution >= 4 is 0 Å². The number of benzene rings is 1. The van der Waals surface area contributed by atoms with Crippen LogP contribution in [0.3, 0.4) is 0 Å². The van der Waals surface area contributed by atoms with Gasteiger partial charge in [0.15, 0.2) is 0 Å². The number of hydrogen-bond donors (Lipinski definition) is 2. The number of allylic oxidation sites excluding steroid dienone is 1. The van der Waals surface area contributed by atoms with Gasteiger partial charge in [0.1, 0.15) is 23.1 Å². The molecule has 136 valence electrons. The van der Waals surface area contributed by atoms with E-state index in [9.17, 15) is 5.26 Å². The first-order valence-electron chi connectivity index (χ1n) is 8.20. The number of nitriles is 1. The first-order valence-corrected chi connectivity index (χ1v) is 8.20. The fourth-order valence-corrected chi connectivity index (χ4v) is 3.18. The molecule has 0 spiro atoms. The minimum atomic E-state index is -0.447. The van der Waals surface area contributed by atoms with E-state index in [1.54, 1.807) is 20.3 Å². The molecule has 0 radical (unpaired) electrons. The van der Waals surface area contributed by atoms with Crippen molar-refractivity contribution in [1.82, 2.24) is 10.2 Å². The lowest BCUT2D eigenvalue weighted by Crippen LogP contribution is -2.24. The lowest BCUT2D eigenvalue weighted by atomic mass is 9.78. The van der Waals surface area contributed by atoms with Crippen LogP contribution in [0.5, 0.6) is 17.4 Å². The van der Waals surface area contributed by atoms with Crippen LogP contribution in [0, 0.1) is 11.3 Å². The van der Waals surface area contributed by atoms with E-state index in [-0.39, 0.29) is 11.3 Å². The van der Waals surface area contributed by atoms with Crippen molar-refractivity contribution in [3.63, 3.8) is 0 Å². The van der Waals surface area contributed by atoms with E-state index in [0.29, 0.717) is 23.0 Å². The maximum Gasteiger partial charge on any atom is 0.244 e. The van der Waals surface area contributed by atoms with Gasteiger partial charge in [-0.25, -0.2) is 0 Å². The third-order valence-electron chi connectivity index (χ3n) is 4.44. The molecule has 0 saturated heterocycles. The molecule has 2 aromatic rings. The first-order chi connectivity index (χ1) is 12.3. The Kier molecular flexibility index (Phi) is 4.28. The van der Waals surface area contributed by atoms with E-state index < -0.39 is 5.92 Å². The Morgan fingerprint density at radius 1 is 1.27 bits per heavy atom. The summed E-state index contributed by atoms with van der Waals surface area (Å²) < 4.78 is 16.5. The molecule has 1 aliphatic heterocycles. The molecular formula is C19H22N4O3. The Morgan fingerprint density at radius 2 is 2.00 bits per heavy atom. The number of ether oxygens (including phenoxy) is 3. The smallest absolute Gasteiger partial charge is 0.244 e. The Hall–Kier alpha value is -3.14. The normalized spacial score (nSPS) is 16.5. The van der Waals surface area contributed by atoms with Gasteiger partial charge >= 0.3 is 0 Å². The molecule has 1 atom stereocenters. The molecule has 3 N–H and O–H groups in total. The maximum atomic E-state index is 9.75. The minimum Gasteiger partial charge on any atom is -0.497 e. The molecule has 2 heterocycles.